The first-order valence-electron chi connectivity index (χ1n) is 6.73. The van der Waals surface area contributed by atoms with Gasteiger partial charge in [0, 0.05) is 32.3 Å². The van der Waals surface area contributed by atoms with Crippen molar-refractivity contribution in [2.45, 2.75) is 0 Å². The Morgan fingerprint density at radius 2 is 2.24 bits per heavy atom. The van der Waals surface area contributed by atoms with Crippen molar-refractivity contribution >= 4 is 28.2 Å². The number of carbonyl (C=O) groups excluding carboxylic acids is 1. The van der Waals surface area contributed by atoms with E-state index in [0.29, 0.717) is 18.8 Å². The zero-order valence-electron chi connectivity index (χ0n) is 12.3. The maximum Gasteiger partial charge on any atom is 0.239 e. The minimum atomic E-state index is -0.0692. The Morgan fingerprint density at radius 3 is 3.00 bits per heavy atom. The average Bonchev–Trinajstić information content (AvgIpc) is 2.48. The van der Waals surface area contributed by atoms with Gasteiger partial charge in [0.25, 0.3) is 0 Å². The van der Waals surface area contributed by atoms with Crippen molar-refractivity contribution in [1.82, 2.24) is 10.3 Å². The number of rotatable bonds is 6. The lowest BCUT2D eigenvalue weighted by Crippen LogP contribution is -2.36. The van der Waals surface area contributed by atoms with E-state index in [9.17, 15) is 4.79 Å². The Hall–Kier alpha value is -2.34. The number of amides is 1. The summed E-state index contributed by atoms with van der Waals surface area (Å²) in [5.41, 5.74) is 8.48. The molecular weight excluding hydrogens is 268 g/mol. The number of carbonyl (C=O) groups is 1. The van der Waals surface area contributed by atoms with Crippen molar-refractivity contribution in [2.24, 2.45) is 0 Å². The zero-order chi connectivity index (χ0) is 15.2. The van der Waals surface area contributed by atoms with E-state index in [2.05, 4.69) is 10.3 Å². The first-order valence-corrected chi connectivity index (χ1v) is 6.73. The van der Waals surface area contributed by atoms with Crippen LogP contribution in [-0.4, -0.2) is 44.7 Å². The second kappa shape index (κ2) is 6.90. The number of nitrogens with one attached hydrogen (secondary N) is 1. The van der Waals surface area contributed by atoms with Crippen LogP contribution in [0.5, 0.6) is 0 Å². The summed E-state index contributed by atoms with van der Waals surface area (Å²) in [6, 6.07) is 7.56. The highest BCUT2D eigenvalue weighted by Gasteiger charge is 2.12. The SMILES string of the molecule is COCCNC(=O)CN(C)c1ccc2ncccc2c1N. The summed E-state index contributed by atoms with van der Waals surface area (Å²) < 4.78 is 4.89. The number of methoxy groups -OCH3 is 1. The van der Waals surface area contributed by atoms with E-state index in [0.717, 1.165) is 16.6 Å². The van der Waals surface area contributed by atoms with Crippen molar-refractivity contribution in [3.8, 4) is 0 Å². The van der Waals surface area contributed by atoms with E-state index in [4.69, 9.17) is 10.5 Å². The summed E-state index contributed by atoms with van der Waals surface area (Å²) in [7, 11) is 3.44. The highest BCUT2D eigenvalue weighted by atomic mass is 16.5. The molecule has 1 aromatic carbocycles. The molecule has 2 aromatic rings. The Bertz CT molecular complexity index is 630. The Morgan fingerprint density at radius 1 is 1.43 bits per heavy atom. The molecule has 0 atom stereocenters. The smallest absolute Gasteiger partial charge is 0.239 e. The van der Waals surface area contributed by atoms with Crippen LogP contribution in [0.25, 0.3) is 10.9 Å². The lowest BCUT2D eigenvalue weighted by Gasteiger charge is -2.21. The summed E-state index contributed by atoms with van der Waals surface area (Å²) in [5.74, 6) is -0.0692. The molecule has 21 heavy (non-hydrogen) atoms. The normalized spacial score (nSPS) is 10.6. The lowest BCUT2D eigenvalue weighted by molar-refractivity contribution is -0.119. The van der Waals surface area contributed by atoms with Gasteiger partial charge in [0.1, 0.15) is 0 Å². The van der Waals surface area contributed by atoms with Gasteiger partial charge in [-0.25, -0.2) is 0 Å². The van der Waals surface area contributed by atoms with Crippen LogP contribution in [-0.2, 0) is 9.53 Å². The number of nitrogen functional groups attached to an aromatic ring is 1. The number of ether oxygens (including phenoxy) is 1. The second-order valence-corrected chi connectivity index (χ2v) is 4.77. The van der Waals surface area contributed by atoms with Gasteiger partial charge in [-0.2, -0.15) is 0 Å². The van der Waals surface area contributed by atoms with Crippen LogP contribution in [0, 0.1) is 0 Å². The molecule has 0 radical (unpaired) electrons. The molecule has 0 aliphatic carbocycles. The summed E-state index contributed by atoms with van der Waals surface area (Å²) in [4.78, 5) is 17.9. The van der Waals surface area contributed by atoms with Gasteiger partial charge >= 0.3 is 0 Å². The van der Waals surface area contributed by atoms with Gasteiger partial charge in [-0.05, 0) is 24.3 Å². The third-order valence-corrected chi connectivity index (χ3v) is 3.22. The van der Waals surface area contributed by atoms with Crippen molar-refractivity contribution in [3.63, 3.8) is 0 Å². The molecule has 0 fully saturated rings. The monoisotopic (exact) mass is 288 g/mol. The molecule has 0 unspecified atom stereocenters. The van der Waals surface area contributed by atoms with Crippen molar-refractivity contribution in [3.05, 3.63) is 30.5 Å². The quantitative estimate of drug-likeness (QED) is 0.612. The van der Waals surface area contributed by atoms with E-state index < -0.39 is 0 Å². The molecule has 0 aliphatic rings. The number of nitrogens with two attached hydrogens (primary N) is 1. The average molecular weight is 288 g/mol. The van der Waals surface area contributed by atoms with Crippen molar-refractivity contribution in [2.75, 3.05) is 44.5 Å². The molecule has 0 saturated heterocycles. The Labute approximate surface area is 123 Å². The number of aromatic nitrogens is 1. The standard InChI is InChI=1S/C15H20N4O2/c1-19(10-14(20)18-8-9-21-2)13-6-5-12-11(15(13)16)4-3-7-17-12/h3-7H,8-10,16H2,1-2H3,(H,18,20). The van der Waals surface area contributed by atoms with Gasteiger partial charge in [0.2, 0.25) is 5.91 Å². The first-order chi connectivity index (χ1) is 10.1. The Balaban J connectivity index is 2.10. The van der Waals surface area contributed by atoms with Gasteiger partial charge in [0.05, 0.1) is 30.0 Å². The highest BCUT2D eigenvalue weighted by molar-refractivity contribution is 5.97. The molecule has 1 amide bonds. The van der Waals surface area contributed by atoms with Crippen LogP contribution in [0.1, 0.15) is 0 Å². The summed E-state index contributed by atoms with van der Waals surface area (Å²) >= 11 is 0. The van der Waals surface area contributed by atoms with E-state index >= 15 is 0 Å². The minimum Gasteiger partial charge on any atom is -0.396 e. The molecule has 112 valence electrons. The molecule has 3 N–H and O–H groups in total. The number of likely N-dealkylation sites (N-methyl/N-ethyl adjacent to an activating group) is 1. The highest BCUT2D eigenvalue weighted by Crippen LogP contribution is 2.29. The predicted octanol–water partition coefficient (Wildman–Crippen LogP) is 1.02. The molecule has 1 heterocycles. The Kier molecular flexibility index (Phi) is 4.94. The second-order valence-electron chi connectivity index (χ2n) is 4.77. The summed E-state index contributed by atoms with van der Waals surface area (Å²) in [5, 5.41) is 3.67. The van der Waals surface area contributed by atoms with Gasteiger partial charge in [-0.1, -0.05) is 0 Å². The molecule has 0 saturated carbocycles. The topological polar surface area (TPSA) is 80.5 Å². The molecule has 2 rings (SSSR count). The maximum atomic E-state index is 11.8. The number of hydrogen-bond acceptors (Lipinski definition) is 5. The number of nitrogens with zero attached hydrogens (tertiary/aromatic N) is 2. The van der Waals surface area contributed by atoms with Gasteiger partial charge in [-0.15, -0.1) is 0 Å². The van der Waals surface area contributed by atoms with Gasteiger partial charge in [0.15, 0.2) is 0 Å². The molecule has 0 bridgehead atoms. The molecular formula is C15H20N4O2. The van der Waals surface area contributed by atoms with E-state index in [1.807, 2.05) is 36.2 Å². The van der Waals surface area contributed by atoms with Crippen LogP contribution in [0.4, 0.5) is 11.4 Å². The number of anilines is 2. The van der Waals surface area contributed by atoms with Crippen LogP contribution in [0.15, 0.2) is 30.5 Å². The molecule has 0 aliphatic heterocycles. The number of hydrogen-bond donors (Lipinski definition) is 2. The minimum absolute atomic E-state index is 0.0692. The van der Waals surface area contributed by atoms with Crippen LogP contribution >= 0.6 is 0 Å². The van der Waals surface area contributed by atoms with Gasteiger partial charge in [-0.3, -0.25) is 9.78 Å². The number of pyridine rings is 1. The van der Waals surface area contributed by atoms with E-state index in [-0.39, 0.29) is 12.5 Å². The molecule has 6 nitrogen and oxygen atoms in total. The van der Waals surface area contributed by atoms with Gasteiger partial charge < -0.3 is 20.7 Å². The number of benzene rings is 1. The zero-order valence-corrected chi connectivity index (χ0v) is 12.3. The molecule has 1 aromatic heterocycles. The van der Waals surface area contributed by atoms with Crippen molar-refractivity contribution < 1.29 is 9.53 Å². The van der Waals surface area contributed by atoms with E-state index in [1.54, 1.807) is 13.3 Å². The maximum absolute atomic E-state index is 11.8. The van der Waals surface area contributed by atoms with Crippen LogP contribution in [0.3, 0.4) is 0 Å². The molecule has 0 spiro atoms. The lowest BCUT2D eigenvalue weighted by atomic mass is 10.1. The summed E-state index contributed by atoms with van der Waals surface area (Å²) in [6.07, 6.45) is 1.73. The van der Waals surface area contributed by atoms with E-state index in [1.165, 1.54) is 0 Å². The fraction of sp³-hybridized carbons (Fsp3) is 0.333. The fourth-order valence-electron chi connectivity index (χ4n) is 2.15. The predicted molar refractivity (Wildman–Crippen MR) is 84.3 cm³/mol. The largest absolute Gasteiger partial charge is 0.396 e. The first kappa shape index (κ1) is 15.1. The fourth-order valence-corrected chi connectivity index (χ4v) is 2.15. The number of fused-ring (bicyclic) bond motifs is 1. The third-order valence-electron chi connectivity index (χ3n) is 3.22. The third kappa shape index (κ3) is 3.61. The van der Waals surface area contributed by atoms with Crippen LogP contribution < -0.4 is 16.0 Å². The van der Waals surface area contributed by atoms with Crippen LogP contribution in [0.2, 0.25) is 0 Å². The van der Waals surface area contributed by atoms with Crippen molar-refractivity contribution in [1.29, 1.82) is 0 Å². The summed E-state index contributed by atoms with van der Waals surface area (Å²) in [6.45, 7) is 1.24. The molecule has 6 heteroatoms.